The summed E-state index contributed by atoms with van der Waals surface area (Å²) in [5, 5.41) is 0. The van der Waals surface area contributed by atoms with Gasteiger partial charge in [-0.2, -0.15) is 0 Å². The highest BCUT2D eigenvalue weighted by molar-refractivity contribution is 6.61. The van der Waals surface area contributed by atoms with Gasteiger partial charge in [0.25, 0.3) is 0 Å². The van der Waals surface area contributed by atoms with Crippen LogP contribution in [0.5, 0.6) is 0 Å². The fraction of sp³-hybridized carbons (Fsp3) is 0.733. The summed E-state index contributed by atoms with van der Waals surface area (Å²) in [5.74, 6) is 0.716. The van der Waals surface area contributed by atoms with Gasteiger partial charge in [-0.05, 0) is 40.5 Å². The monoisotopic (exact) mass is 292 g/mol. The van der Waals surface area contributed by atoms with Gasteiger partial charge in [-0.1, -0.05) is 0 Å². The maximum Gasteiger partial charge on any atom is 0.498 e. The van der Waals surface area contributed by atoms with E-state index < -0.39 is 18.3 Å². The number of hydrogen-bond donors (Lipinski definition) is 0. The van der Waals surface area contributed by atoms with Gasteiger partial charge in [0.2, 0.25) is 0 Å². The van der Waals surface area contributed by atoms with E-state index in [0.717, 1.165) is 12.8 Å². The third-order valence-corrected chi connectivity index (χ3v) is 4.66. The van der Waals surface area contributed by atoms with E-state index in [2.05, 4.69) is 9.97 Å². The Kier molecular flexibility index (Phi) is 3.19. The lowest BCUT2D eigenvalue weighted by Gasteiger charge is -2.32. The second-order valence-corrected chi connectivity index (χ2v) is 6.69. The van der Waals surface area contributed by atoms with Crippen molar-refractivity contribution in [1.29, 1.82) is 0 Å². The maximum atomic E-state index is 8.23. The van der Waals surface area contributed by atoms with Gasteiger partial charge < -0.3 is 14.0 Å². The molecule has 0 amide bonds. The van der Waals surface area contributed by atoms with Gasteiger partial charge in [0.05, 0.1) is 13.9 Å². The largest absolute Gasteiger partial charge is 0.498 e. The molecular formula is C15H23BN2O3. The van der Waals surface area contributed by atoms with E-state index in [9.17, 15) is 0 Å². The Morgan fingerprint density at radius 3 is 2.14 bits per heavy atom. The predicted molar refractivity (Wildman–Crippen MR) is 80.5 cm³/mol. The lowest BCUT2D eigenvalue weighted by atomic mass is 9.81. The fourth-order valence-corrected chi connectivity index (χ4v) is 2.49. The van der Waals surface area contributed by atoms with Gasteiger partial charge in [0.15, 0.2) is 0 Å². The third kappa shape index (κ3) is 2.85. The highest BCUT2D eigenvalue weighted by atomic mass is 16.7. The van der Waals surface area contributed by atoms with Crippen molar-refractivity contribution in [3.05, 3.63) is 18.2 Å². The van der Waals surface area contributed by atoms with Crippen LogP contribution in [0.15, 0.2) is 12.3 Å². The molecule has 0 saturated carbocycles. The van der Waals surface area contributed by atoms with E-state index in [1.165, 1.54) is 0 Å². The quantitative estimate of drug-likeness (QED) is 0.776. The zero-order valence-corrected chi connectivity index (χ0v) is 13.1. The number of hydrogen-bond acceptors (Lipinski definition) is 5. The van der Waals surface area contributed by atoms with Gasteiger partial charge in [-0.25, -0.2) is 9.97 Å². The molecule has 5 nitrogen and oxygen atoms in total. The topological polar surface area (TPSA) is 53.5 Å². The summed E-state index contributed by atoms with van der Waals surface area (Å²) in [6, 6.07) is 0. The summed E-state index contributed by atoms with van der Waals surface area (Å²) >= 11 is 0. The first kappa shape index (κ1) is 12.6. The number of nitrogens with zero attached hydrogens (tertiary/aromatic N) is 2. The van der Waals surface area contributed by atoms with E-state index in [1.807, 2.05) is 27.7 Å². The number of aromatic nitrogens is 2. The van der Waals surface area contributed by atoms with Crippen LogP contribution in [0.25, 0.3) is 0 Å². The zero-order chi connectivity index (χ0) is 16.8. The van der Waals surface area contributed by atoms with Crippen molar-refractivity contribution < 1.29 is 16.8 Å². The summed E-state index contributed by atoms with van der Waals surface area (Å²) in [6.07, 6.45) is 1.69. The molecule has 0 aliphatic carbocycles. The van der Waals surface area contributed by atoms with E-state index in [1.54, 1.807) is 0 Å². The van der Waals surface area contributed by atoms with Crippen molar-refractivity contribution >= 4 is 12.6 Å². The predicted octanol–water partition coefficient (Wildman–Crippen LogP) is 1.67. The molecule has 0 N–H and O–H groups in total. The standard InChI is InChI=1S/C15H23BN2O3/c1-14(2)15(3,4)21-16(20-14)12-9-17-13(18-10-12)11-5-7-19-8-6-11/h9-11H,5-8H2,1-4H3/i9D,10D. The SMILES string of the molecule is [2H]c1nc(C2CCOCC2)nc([2H])c1B1OC(C)(C)C(C)(C)O1. The van der Waals surface area contributed by atoms with Crippen LogP contribution >= 0.6 is 0 Å². The van der Waals surface area contributed by atoms with Gasteiger partial charge in [0.1, 0.15) is 5.82 Å². The first-order chi connectivity index (χ1) is 10.7. The summed E-state index contributed by atoms with van der Waals surface area (Å²) in [7, 11) is -0.774. The summed E-state index contributed by atoms with van der Waals surface area (Å²) in [5.41, 5.74) is -0.731. The minimum absolute atomic E-state index is 0.0185. The minimum Gasteiger partial charge on any atom is -0.399 e. The van der Waals surface area contributed by atoms with Crippen LogP contribution in [-0.4, -0.2) is 41.5 Å². The fourth-order valence-electron chi connectivity index (χ4n) is 2.49. The second-order valence-electron chi connectivity index (χ2n) is 6.69. The maximum absolute atomic E-state index is 8.23. The van der Waals surface area contributed by atoms with Crippen LogP contribution in [0.2, 0.25) is 0 Å². The molecule has 0 aromatic carbocycles. The van der Waals surface area contributed by atoms with Gasteiger partial charge in [-0.3, -0.25) is 0 Å². The molecule has 1 aromatic rings. The number of rotatable bonds is 2. The number of ether oxygens (including phenoxy) is 1. The van der Waals surface area contributed by atoms with Gasteiger partial charge >= 0.3 is 7.12 Å². The van der Waals surface area contributed by atoms with Crippen molar-refractivity contribution in [3.8, 4) is 0 Å². The average Bonchev–Trinajstić information content (AvgIpc) is 2.67. The Hall–Kier alpha value is -0.975. The van der Waals surface area contributed by atoms with E-state index in [4.69, 9.17) is 16.8 Å². The molecule has 114 valence electrons. The van der Waals surface area contributed by atoms with Gasteiger partial charge in [0, 0.05) is 36.9 Å². The summed E-state index contributed by atoms with van der Waals surface area (Å²) in [4.78, 5) is 8.64. The molecule has 6 heteroatoms. The Balaban J connectivity index is 1.90. The van der Waals surface area contributed by atoms with Crippen LogP contribution in [0, 0.1) is 0 Å². The van der Waals surface area contributed by atoms with Crippen molar-refractivity contribution in [3.63, 3.8) is 0 Å². The lowest BCUT2D eigenvalue weighted by Crippen LogP contribution is -2.41. The van der Waals surface area contributed by atoms with E-state index in [0.29, 0.717) is 24.5 Å². The third-order valence-electron chi connectivity index (χ3n) is 4.66. The van der Waals surface area contributed by atoms with Gasteiger partial charge in [-0.15, -0.1) is 0 Å². The second kappa shape index (κ2) is 5.34. The van der Waals surface area contributed by atoms with Crippen LogP contribution in [-0.2, 0) is 14.0 Å². The Labute approximate surface area is 129 Å². The molecule has 3 heterocycles. The Morgan fingerprint density at radius 1 is 1.10 bits per heavy atom. The van der Waals surface area contributed by atoms with E-state index in [-0.39, 0.29) is 18.3 Å². The van der Waals surface area contributed by atoms with Crippen LogP contribution in [0.4, 0.5) is 0 Å². The zero-order valence-electron chi connectivity index (χ0n) is 15.1. The van der Waals surface area contributed by atoms with Crippen LogP contribution in [0.3, 0.4) is 0 Å². The highest BCUT2D eigenvalue weighted by Gasteiger charge is 2.51. The molecule has 2 fully saturated rings. The Morgan fingerprint density at radius 2 is 1.62 bits per heavy atom. The lowest BCUT2D eigenvalue weighted by molar-refractivity contribution is 0.00578. The van der Waals surface area contributed by atoms with E-state index >= 15 is 0 Å². The molecular weight excluding hydrogens is 267 g/mol. The molecule has 21 heavy (non-hydrogen) atoms. The van der Waals surface area contributed by atoms with Crippen molar-refractivity contribution in [1.82, 2.24) is 9.97 Å². The highest BCUT2D eigenvalue weighted by Crippen LogP contribution is 2.36. The summed E-state index contributed by atoms with van der Waals surface area (Å²) in [6.45, 7) is 9.12. The molecule has 2 saturated heterocycles. The molecule has 2 aliphatic heterocycles. The molecule has 0 atom stereocenters. The molecule has 1 aromatic heterocycles. The first-order valence-electron chi connectivity index (χ1n) is 8.50. The normalized spacial score (nSPS) is 26.6. The molecule has 0 spiro atoms. The molecule has 3 rings (SSSR count). The Bertz CT molecular complexity index is 567. The summed E-state index contributed by atoms with van der Waals surface area (Å²) < 4.78 is 33.7. The molecule has 0 bridgehead atoms. The minimum atomic E-state index is -0.774. The smallest absolute Gasteiger partial charge is 0.399 e. The molecule has 0 radical (unpaired) electrons. The van der Waals surface area contributed by atoms with Crippen molar-refractivity contribution in [2.45, 2.75) is 57.7 Å². The molecule has 0 unspecified atom stereocenters. The van der Waals surface area contributed by atoms with Crippen molar-refractivity contribution in [2.24, 2.45) is 0 Å². The molecule has 2 aliphatic rings. The average molecular weight is 292 g/mol. The van der Waals surface area contributed by atoms with Crippen LogP contribution < -0.4 is 5.46 Å². The first-order valence-corrected chi connectivity index (χ1v) is 7.50. The van der Waals surface area contributed by atoms with Crippen molar-refractivity contribution in [2.75, 3.05) is 13.2 Å². The van der Waals surface area contributed by atoms with Crippen LogP contribution in [0.1, 0.15) is 55.0 Å².